The zero-order chi connectivity index (χ0) is 25.8. The molecule has 3 aliphatic heterocycles. The largest absolute Gasteiger partial charge is 0.479 e. The topological polar surface area (TPSA) is 124 Å². The van der Waals surface area contributed by atoms with Crippen LogP contribution in [0.2, 0.25) is 0 Å². The second-order valence-corrected chi connectivity index (χ2v) is 9.28. The van der Waals surface area contributed by atoms with E-state index in [4.69, 9.17) is 4.74 Å². The van der Waals surface area contributed by atoms with Gasteiger partial charge in [0, 0.05) is 19.0 Å². The molecular formula is C25H25N9O2S+2. The number of anilines is 2. The van der Waals surface area contributed by atoms with Crippen LogP contribution < -0.4 is 19.6 Å². The molecule has 0 unspecified atom stereocenters. The van der Waals surface area contributed by atoms with Gasteiger partial charge >= 0.3 is 12.2 Å². The molecule has 1 N–H and O–H groups in total. The maximum absolute atomic E-state index is 13.0. The van der Waals surface area contributed by atoms with E-state index in [1.807, 2.05) is 25.3 Å². The van der Waals surface area contributed by atoms with Gasteiger partial charge in [0.25, 0.3) is 16.8 Å². The summed E-state index contributed by atoms with van der Waals surface area (Å²) < 4.78 is 9.62. The van der Waals surface area contributed by atoms with Crippen molar-refractivity contribution in [3.63, 3.8) is 0 Å². The van der Waals surface area contributed by atoms with Crippen LogP contribution >= 0.6 is 11.8 Å². The third kappa shape index (κ3) is 5.25. The van der Waals surface area contributed by atoms with Crippen molar-refractivity contribution >= 4 is 46.4 Å². The molecule has 5 heterocycles. The van der Waals surface area contributed by atoms with E-state index < -0.39 is 5.91 Å². The van der Waals surface area contributed by atoms with Gasteiger partial charge in [-0.15, -0.1) is 15.1 Å². The number of piperidine rings is 1. The van der Waals surface area contributed by atoms with Crippen molar-refractivity contribution in [2.45, 2.75) is 26.2 Å². The van der Waals surface area contributed by atoms with Gasteiger partial charge in [0.15, 0.2) is 5.69 Å². The third-order valence-electron chi connectivity index (χ3n) is 5.94. The lowest BCUT2D eigenvalue weighted by atomic mass is 10.1. The average molecular weight is 516 g/mol. The van der Waals surface area contributed by atoms with E-state index in [1.165, 1.54) is 44.2 Å². The van der Waals surface area contributed by atoms with Gasteiger partial charge in [0.05, 0.1) is 35.7 Å². The monoisotopic (exact) mass is 515 g/mol. The van der Waals surface area contributed by atoms with Crippen molar-refractivity contribution in [3.05, 3.63) is 47.0 Å². The molecule has 1 amide bonds. The maximum Gasteiger partial charge on any atom is 0.469 e. The fourth-order valence-electron chi connectivity index (χ4n) is 4.10. The lowest BCUT2D eigenvalue weighted by molar-refractivity contribution is -0.0718. The number of thioether (sulfide) groups is 1. The summed E-state index contributed by atoms with van der Waals surface area (Å²) in [6, 6.07) is 3.45. The number of hydrogen-bond donors (Lipinski definition) is 1. The normalized spacial score (nSPS) is 15.8. The van der Waals surface area contributed by atoms with E-state index in [0.29, 0.717) is 22.9 Å². The van der Waals surface area contributed by atoms with E-state index in [9.17, 15) is 4.79 Å². The van der Waals surface area contributed by atoms with Gasteiger partial charge in [0.2, 0.25) is 5.88 Å². The number of pyridine rings is 1. The van der Waals surface area contributed by atoms with Crippen LogP contribution in [0.1, 0.15) is 40.9 Å². The van der Waals surface area contributed by atoms with Crippen molar-refractivity contribution in [2.24, 2.45) is 5.11 Å². The molecule has 2 aromatic heterocycles. The van der Waals surface area contributed by atoms with Crippen LogP contribution in [0, 0.1) is 18.8 Å². The molecule has 1 fully saturated rings. The number of amidine groups is 1. The number of aryl methyl sites for hydroxylation is 1. The first-order chi connectivity index (χ1) is 18.1. The first-order valence-corrected chi connectivity index (χ1v) is 13.0. The Morgan fingerprint density at radius 1 is 1.19 bits per heavy atom. The molecule has 0 radical (unpaired) electrons. The SMILES string of the molecule is COc1nnc(C(=O)Nc2cnc(N3CCCCC3)c(C)c2)cc1C#CC1=[N+]=NC2=CC(SC)=[N+]=CN21. The van der Waals surface area contributed by atoms with Gasteiger partial charge in [-0.05, 0) is 56.1 Å². The second kappa shape index (κ2) is 10.7. The highest BCUT2D eigenvalue weighted by molar-refractivity contribution is 8.13. The van der Waals surface area contributed by atoms with Crippen molar-refractivity contribution in [2.75, 3.05) is 36.7 Å². The number of rotatable bonds is 4. The Balaban J connectivity index is 1.33. The summed E-state index contributed by atoms with van der Waals surface area (Å²) in [5.41, 5.74) is 2.08. The number of carbonyl (C=O) groups is 1. The highest BCUT2D eigenvalue weighted by Gasteiger charge is 2.35. The average Bonchev–Trinajstić information content (AvgIpc) is 3.34. The summed E-state index contributed by atoms with van der Waals surface area (Å²) in [6.07, 6.45) is 10.7. The predicted molar refractivity (Wildman–Crippen MR) is 143 cm³/mol. The quantitative estimate of drug-likeness (QED) is 0.484. The van der Waals surface area contributed by atoms with Crippen LogP contribution in [0.5, 0.6) is 5.88 Å². The van der Waals surface area contributed by atoms with E-state index in [-0.39, 0.29) is 11.6 Å². The van der Waals surface area contributed by atoms with Gasteiger partial charge in [-0.1, -0.05) is 16.6 Å². The van der Waals surface area contributed by atoms with Crippen LogP contribution in [0.4, 0.5) is 11.5 Å². The Bertz CT molecular complexity index is 1490. The summed E-state index contributed by atoms with van der Waals surface area (Å²) in [6.45, 7) is 4.01. The Morgan fingerprint density at radius 2 is 2.03 bits per heavy atom. The number of carbonyl (C=O) groups excluding carboxylic acids is 1. The first kappa shape index (κ1) is 24.3. The standard InChI is InChI=1S/C25H24N9O2S/c1-16-11-18(14-26-23(16)33-9-5-4-6-10-33)28-24(35)19-12-17(25(36-2)32-29-19)7-8-20-30-31-21-13-22(37-3)27-15-34(20)21/h11-15H,4-6,9-10H2,1-3H3/q+1/p+1. The molecule has 186 valence electrons. The summed E-state index contributed by atoms with van der Waals surface area (Å²) in [4.78, 5) is 25.7. The molecule has 11 nitrogen and oxygen atoms in total. The predicted octanol–water partition coefficient (Wildman–Crippen LogP) is 1.87. The molecule has 0 atom stereocenters. The van der Waals surface area contributed by atoms with E-state index in [0.717, 1.165) is 29.5 Å². The lowest BCUT2D eigenvalue weighted by Crippen LogP contribution is -2.30. The highest BCUT2D eigenvalue weighted by atomic mass is 32.2. The maximum atomic E-state index is 13.0. The molecule has 5 rings (SSSR count). The molecule has 0 aliphatic carbocycles. The number of aromatic nitrogens is 3. The fraction of sp³-hybridized carbons (Fsp3) is 0.320. The number of fused-ring (bicyclic) bond motifs is 1. The van der Waals surface area contributed by atoms with Gasteiger partial charge in [-0.25, -0.2) is 9.65 Å². The Hall–Kier alpha value is -4.42. The molecule has 0 saturated carbocycles. The third-order valence-corrected chi connectivity index (χ3v) is 6.58. The van der Waals surface area contributed by atoms with Crippen molar-refractivity contribution in [1.82, 2.24) is 24.7 Å². The molecule has 1 saturated heterocycles. The second-order valence-electron chi connectivity index (χ2n) is 8.45. The summed E-state index contributed by atoms with van der Waals surface area (Å²) in [7, 11) is 1.47. The fourth-order valence-corrected chi connectivity index (χ4v) is 4.47. The number of hydrogen-bond acceptors (Lipinski definition) is 9. The minimum atomic E-state index is -0.424. The molecule has 37 heavy (non-hydrogen) atoms. The van der Waals surface area contributed by atoms with E-state index >= 15 is 0 Å². The molecule has 12 heteroatoms. The Morgan fingerprint density at radius 3 is 2.78 bits per heavy atom. The van der Waals surface area contributed by atoms with Crippen molar-refractivity contribution in [3.8, 4) is 17.7 Å². The number of methoxy groups -OCH3 is 1. The highest BCUT2D eigenvalue weighted by Crippen LogP contribution is 2.24. The van der Waals surface area contributed by atoms with Gasteiger partial charge in [-0.2, -0.15) is 0 Å². The summed E-state index contributed by atoms with van der Waals surface area (Å²) in [5, 5.41) is 15.9. The van der Waals surface area contributed by atoms with Crippen molar-refractivity contribution < 1.29 is 14.3 Å². The van der Waals surface area contributed by atoms with E-state index in [2.05, 4.69) is 51.8 Å². The number of nitrogens with zero attached hydrogens (tertiary/aromatic N) is 8. The van der Waals surface area contributed by atoms with Crippen LogP contribution in [0.3, 0.4) is 0 Å². The number of nitrogens with one attached hydrogen (secondary N) is 1. The molecule has 0 spiro atoms. The van der Waals surface area contributed by atoms with Crippen LogP contribution in [0.15, 0.2) is 35.3 Å². The number of amides is 1. The molecular weight excluding hydrogens is 490 g/mol. The molecule has 0 aromatic carbocycles. The van der Waals surface area contributed by atoms with Crippen LogP contribution in [-0.4, -0.2) is 74.5 Å². The minimum absolute atomic E-state index is 0.0974. The zero-order valence-corrected chi connectivity index (χ0v) is 21.5. The van der Waals surface area contributed by atoms with Crippen LogP contribution in [0.25, 0.3) is 0 Å². The van der Waals surface area contributed by atoms with Gasteiger partial charge < -0.3 is 15.0 Å². The van der Waals surface area contributed by atoms with Gasteiger partial charge in [0.1, 0.15) is 5.82 Å². The summed E-state index contributed by atoms with van der Waals surface area (Å²) >= 11 is 1.52. The lowest BCUT2D eigenvalue weighted by Gasteiger charge is -2.29. The Labute approximate surface area is 218 Å². The zero-order valence-electron chi connectivity index (χ0n) is 20.7. The summed E-state index contributed by atoms with van der Waals surface area (Å²) in [5.74, 6) is 7.69. The van der Waals surface area contributed by atoms with Crippen molar-refractivity contribution in [1.29, 1.82) is 0 Å². The molecule has 0 bridgehead atoms. The van der Waals surface area contributed by atoms with Crippen LogP contribution in [-0.2, 0) is 0 Å². The smallest absolute Gasteiger partial charge is 0.469 e. The van der Waals surface area contributed by atoms with Gasteiger partial charge in [-0.3, -0.25) is 4.79 Å². The molecule has 3 aliphatic rings. The number of ether oxygens (including phenoxy) is 1. The first-order valence-electron chi connectivity index (χ1n) is 11.8. The van der Waals surface area contributed by atoms with E-state index in [1.54, 1.807) is 17.4 Å². The minimum Gasteiger partial charge on any atom is -0.479 e. The Kier molecular flexibility index (Phi) is 7.01. The molecule has 2 aromatic rings.